The largest absolute Gasteiger partial charge is 0.330 e. The number of benzene rings is 1. The lowest BCUT2D eigenvalue weighted by Crippen LogP contribution is -2.22. The van der Waals surface area contributed by atoms with Crippen LogP contribution in [0.2, 0.25) is 10.0 Å². The molecule has 0 bridgehead atoms. The Labute approximate surface area is 118 Å². The van der Waals surface area contributed by atoms with Crippen molar-refractivity contribution >= 4 is 35.6 Å². The summed E-state index contributed by atoms with van der Waals surface area (Å²) in [5.74, 6) is 0.637. The van der Waals surface area contributed by atoms with Crippen LogP contribution in [-0.4, -0.2) is 24.5 Å². The number of nitrogens with two attached hydrogens (primary N) is 1. The van der Waals surface area contributed by atoms with Crippen LogP contribution < -0.4 is 5.73 Å². The van der Waals surface area contributed by atoms with Crippen molar-refractivity contribution in [3.63, 3.8) is 0 Å². The Bertz CT molecular complexity index is 371. The molecular formula is C12H17Cl3N2. The zero-order valence-electron chi connectivity index (χ0n) is 9.53. The van der Waals surface area contributed by atoms with Gasteiger partial charge in [0.05, 0.1) is 0 Å². The summed E-state index contributed by atoms with van der Waals surface area (Å²) in [5, 5.41) is 1.54. The van der Waals surface area contributed by atoms with Gasteiger partial charge >= 0.3 is 0 Å². The highest BCUT2D eigenvalue weighted by atomic mass is 35.5. The lowest BCUT2D eigenvalue weighted by Gasteiger charge is -2.16. The quantitative estimate of drug-likeness (QED) is 0.928. The average Bonchev–Trinajstić information content (AvgIpc) is 2.71. The molecule has 1 aromatic rings. The van der Waals surface area contributed by atoms with Crippen LogP contribution in [0.5, 0.6) is 0 Å². The molecule has 96 valence electrons. The fourth-order valence-electron chi connectivity index (χ4n) is 2.15. The predicted octanol–water partition coefficient (Wildman–Crippen LogP) is 3.20. The summed E-state index contributed by atoms with van der Waals surface area (Å²) in [5.41, 5.74) is 6.77. The van der Waals surface area contributed by atoms with Crippen molar-refractivity contribution in [3.05, 3.63) is 33.8 Å². The van der Waals surface area contributed by atoms with Crippen molar-refractivity contribution in [3.8, 4) is 0 Å². The number of hydrogen-bond donors (Lipinski definition) is 1. The Morgan fingerprint density at radius 1 is 1.35 bits per heavy atom. The molecule has 2 rings (SSSR count). The standard InChI is InChI=1S/C12H16Cl2N2.ClH/c13-11-1-2-12(14)10(5-11)8-16-4-3-9(6-15)7-16;/h1-2,5,9H,3-4,6-8,15H2;1H. The third kappa shape index (κ3) is 4.01. The molecule has 0 radical (unpaired) electrons. The molecule has 1 unspecified atom stereocenters. The van der Waals surface area contributed by atoms with E-state index in [1.54, 1.807) is 0 Å². The fourth-order valence-corrected chi connectivity index (χ4v) is 2.53. The molecule has 1 fully saturated rings. The molecule has 5 heteroatoms. The van der Waals surface area contributed by atoms with Crippen LogP contribution in [0, 0.1) is 5.92 Å². The molecule has 17 heavy (non-hydrogen) atoms. The van der Waals surface area contributed by atoms with Gasteiger partial charge < -0.3 is 5.73 Å². The second-order valence-corrected chi connectivity index (χ2v) is 5.20. The van der Waals surface area contributed by atoms with Crippen LogP contribution in [0.4, 0.5) is 0 Å². The van der Waals surface area contributed by atoms with Gasteiger partial charge in [-0.3, -0.25) is 4.90 Å². The highest BCUT2D eigenvalue weighted by molar-refractivity contribution is 6.33. The first-order chi connectivity index (χ1) is 7.69. The number of likely N-dealkylation sites (tertiary alicyclic amines) is 1. The maximum Gasteiger partial charge on any atom is 0.0452 e. The van der Waals surface area contributed by atoms with E-state index in [9.17, 15) is 0 Å². The van der Waals surface area contributed by atoms with Gasteiger partial charge in [0.1, 0.15) is 0 Å². The van der Waals surface area contributed by atoms with Gasteiger partial charge in [0.25, 0.3) is 0 Å². The molecule has 2 N–H and O–H groups in total. The third-order valence-electron chi connectivity index (χ3n) is 3.11. The van der Waals surface area contributed by atoms with Crippen molar-refractivity contribution < 1.29 is 0 Å². The van der Waals surface area contributed by atoms with Crippen molar-refractivity contribution in [2.45, 2.75) is 13.0 Å². The molecule has 0 saturated carbocycles. The van der Waals surface area contributed by atoms with Crippen LogP contribution in [0.1, 0.15) is 12.0 Å². The van der Waals surface area contributed by atoms with Gasteiger partial charge in [0.2, 0.25) is 0 Å². The Morgan fingerprint density at radius 2 is 2.12 bits per heavy atom. The van der Waals surface area contributed by atoms with Crippen LogP contribution in [-0.2, 0) is 6.54 Å². The van der Waals surface area contributed by atoms with E-state index in [0.29, 0.717) is 5.92 Å². The van der Waals surface area contributed by atoms with E-state index in [1.807, 2.05) is 18.2 Å². The van der Waals surface area contributed by atoms with E-state index < -0.39 is 0 Å². The molecule has 0 spiro atoms. The third-order valence-corrected chi connectivity index (χ3v) is 3.71. The molecule has 0 aromatic heterocycles. The molecule has 1 aliphatic rings. The summed E-state index contributed by atoms with van der Waals surface area (Å²) in [6.45, 7) is 3.82. The molecular weight excluding hydrogens is 279 g/mol. The maximum absolute atomic E-state index is 6.13. The molecule has 1 saturated heterocycles. The Balaban J connectivity index is 0.00000144. The first-order valence-corrected chi connectivity index (χ1v) is 6.31. The van der Waals surface area contributed by atoms with Crippen molar-refractivity contribution in [1.29, 1.82) is 0 Å². The second-order valence-electron chi connectivity index (χ2n) is 4.36. The molecule has 0 aliphatic carbocycles. The lowest BCUT2D eigenvalue weighted by atomic mass is 10.1. The Morgan fingerprint density at radius 3 is 2.76 bits per heavy atom. The summed E-state index contributed by atoms with van der Waals surface area (Å²) in [7, 11) is 0. The Kier molecular flexibility index (Phi) is 6.04. The van der Waals surface area contributed by atoms with Gasteiger partial charge in [-0.15, -0.1) is 12.4 Å². The van der Waals surface area contributed by atoms with Crippen LogP contribution >= 0.6 is 35.6 Å². The van der Waals surface area contributed by atoms with E-state index in [2.05, 4.69) is 4.90 Å². The molecule has 1 atom stereocenters. The predicted molar refractivity (Wildman–Crippen MR) is 76.1 cm³/mol. The highest BCUT2D eigenvalue weighted by Gasteiger charge is 2.21. The van der Waals surface area contributed by atoms with Crippen molar-refractivity contribution in [1.82, 2.24) is 4.90 Å². The van der Waals surface area contributed by atoms with Crippen LogP contribution in [0.15, 0.2) is 18.2 Å². The minimum absolute atomic E-state index is 0. The van der Waals surface area contributed by atoms with Gasteiger partial charge in [-0.25, -0.2) is 0 Å². The first-order valence-electron chi connectivity index (χ1n) is 5.55. The molecule has 1 heterocycles. The van der Waals surface area contributed by atoms with Crippen molar-refractivity contribution in [2.75, 3.05) is 19.6 Å². The van der Waals surface area contributed by atoms with Crippen LogP contribution in [0.25, 0.3) is 0 Å². The summed E-state index contributed by atoms with van der Waals surface area (Å²) in [4.78, 5) is 2.38. The molecule has 1 aliphatic heterocycles. The summed E-state index contributed by atoms with van der Waals surface area (Å²) < 4.78 is 0. The monoisotopic (exact) mass is 294 g/mol. The van der Waals surface area contributed by atoms with E-state index >= 15 is 0 Å². The number of nitrogens with zero attached hydrogens (tertiary/aromatic N) is 1. The SMILES string of the molecule is Cl.NCC1CCN(Cc2cc(Cl)ccc2Cl)C1. The van der Waals surface area contributed by atoms with Gasteiger partial charge in [-0.1, -0.05) is 23.2 Å². The van der Waals surface area contributed by atoms with Crippen LogP contribution in [0.3, 0.4) is 0 Å². The van der Waals surface area contributed by atoms with Gasteiger partial charge in [0.15, 0.2) is 0 Å². The topological polar surface area (TPSA) is 29.3 Å². The maximum atomic E-state index is 6.13. The second kappa shape index (κ2) is 6.81. The van der Waals surface area contributed by atoms with E-state index in [4.69, 9.17) is 28.9 Å². The Hall–Kier alpha value is 0.01000. The number of hydrogen-bond acceptors (Lipinski definition) is 2. The summed E-state index contributed by atoms with van der Waals surface area (Å²) in [6.07, 6.45) is 1.19. The fraction of sp³-hybridized carbons (Fsp3) is 0.500. The lowest BCUT2D eigenvalue weighted by molar-refractivity contribution is 0.318. The zero-order valence-corrected chi connectivity index (χ0v) is 11.9. The van der Waals surface area contributed by atoms with Gasteiger partial charge in [0, 0.05) is 23.1 Å². The normalized spacial score (nSPS) is 20.3. The smallest absolute Gasteiger partial charge is 0.0452 e. The van der Waals surface area contributed by atoms with E-state index in [1.165, 1.54) is 6.42 Å². The molecule has 0 amide bonds. The minimum Gasteiger partial charge on any atom is -0.330 e. The average molecular weight is 296 g/mol. The molecule has 1 aromatic carbocycles. The highest BCUT2D eigenvalue weighted by Crippen LogP contribution is 2.24. The van der Waals surface area contributed by atoms with E-state index in [0.717, 1.165) is 41.8 Å². The van der Waals surface area contributed by atoms with E-state index in [-0.39, 0.29) is 12.4 Å². The zero-order chi connectivity index (χ0) is 11.5. The molecule has 2 nitrogen and oxygen atoms in total. The number of rotatable bonds is 3. The summed E-state index contributed by atoms with van der Waals surface area (Å²) in [6, 6.07) is 5.62. The summed E-state index contributed by atoms with van der Waals surface area (Å²) >= 11 is 12.1. The van der Waals surface area contributed by atoms with Crippen molar-refractivity contribution in [2.24, 2.45) is 11.7 Å². The van der Waals surface area contributed by atoms with Gasteiger partial charge in [-0.2, -0.15) is 0 Å². The first kappa shape index (κ1) is 15.1. The number of halogens is 3. The minimum atomic E-state index is 0. The van der Waals surface area contributed by atoms with Gasteiger partial charge in [-0.05, 0) is 49.2 Å².